The van der Waals surface area contributed by atoms with Crippen LogP contribution in [0.25, 0.3) is 84.0 Å². The first-order valence-electron chi connectivity index (χ1n) is 48.0. The molecule has 14 aromatic rings. The van der Waals surface area contributed by atoms with Crippen LogP contribution >= 0.6 is 0 Å². The first-order valence-corrected chi connectivity index (χ1v) is 48.0. The molecule has 682 valence electrons. The molecule has 16 rings (SSSR count). The third kappa shape index (κ3) is 23.2. The third-order valence-corrected chi connectivity index (χ3v) is 27.6. The van der Waals surface area contributed by atoms with E-state index in [1.165, 1.54) is 269 Å². The third-order valence-electron chi connectivity index (χ3n) is 27.6. The van der Waals surface area contributed by atoms with Gasteiger partial charge in [-0.25, -0.2) is 0 Å². The van der Waals surface area contributed by atoms with Crippen LogP contribution in [0.3, 0.4) is 0 Å². The van der Waals surface area contributed by atoms with E-state index in [2.05, 4.69) is 390 Å². The van der Waals surface area contributed by atoms with Crippen LogP contribution in [0.4, 0.5) is 51.2 Å². The average molecular weight is 1740 g/mol. The summed E-state index contributed by atoms with van der Waals surface area (Å²) in [4.78, 5) is 7.20. The summed E-state index contributed by atoms with van der Waals surface area (Å²) in [5.74, 6) is 0. The van der Waals surface area contributed by atoms with Crippen molar-refractivity contribution in [1.29, 1.82) is 0 Å². The van der Waals surface area contributed by atoms with Crippen molar-refractivity contribution < 1.29 is 0 Å². The van der Waals surface area contributed by atoms with Gasteiger partial charge in [-0.2, -0.15) is 0 Å². The molecule has 0 radical (unpaired) electrons. The molecule has 0 saturated carbocycles. The minimum absolute atomic E-state index is 0. The van der Waals surface area contributed by atoms with Crippen molar-refractivity contribution >= 4 is 57.3 Å². The second-order valence-electron chi connectivity index (χ2n) is 36.2. The number of nitrogens with zero attached hydrogens (tertiary/aromatic N) is 3. The molecule has 0 fully saturated rings. The number of hydrogen-bond acceptors (Lipinski definition) is 3. The minimum atomic E-state index is -0.133. The monoisotopic (exact) mass is 1730 g/mol. The lowest BCUT2D eigenvalue weighted by atomic mass is 9.68. The molecule has 131 heavy (non-hydrogen) atoms. The Hall–Kier alpha value is -11.8. The van der Waals surface area contributed by atoms with E-state index in [0.717, 1.165) is 56.7 Å². The summed E-state index contributed by atoms with van der Waals surface area (Å²) in [6.07, 6.45) is 37.5. The fourth-order valence-corrected chi connectivity index (χ4v) is 20.6. The second kappa shape index (κ2) is 48.9. The highest BCUT2D eigenvalue weighted by Crippen LogP contribution is 2.62. The van der Waals surface area contributed by atoms with E-state index in [1.54, 1.807) is 22.3 Å². The predicted molar refractivity (Wildman–Crippen MR) is 582 cm³/mol. The Morgan fingerprint density at radius 2 is 0.405 bits per heavy atom. The first kappa shape index (κ1) is 101. The van der Waals surface area contributed by atoms with Gasteiger partial charge in [0.25, 0.3) is 0 Å². The first-order chi connectivity index (χ1) is 61.6. The normalized spacial score (nSPS) is 12.1. The van der Waals surface area contributed by atoms with Crippen LogP contribution in [0.2, 0.25) is 0 Å². The number of benzene rings is 14. The molecular weight excluding hydrogens is 1580 g/mol. The molecule has 0 bridgehead atoms. The van der Waals surface area contributed by atoms with Gasteiger partial charge in [0.1, 0.15) is 0 Å². The lowest BCUT2D eigenvalue weighted by Gasteiger charge is -2.35. The quantitative estimate of drug-likeness (QED) is 0.0353. The number of unbranched alkanes of at least 4 members (excludes halogenated alkanes) is 20. The van der Waals surface area contributed by atoms with E-state index in [4.69, 9.17) is 0 Å². The van der Waals surface area contributed by atoms with Crippen molar-refractivity contribution in [3.63, 3.8) is 0 Å². The highest BCUT2D eigenvalue weighted by Gasteiger charge is 2.48. The number of anilines is 9. The van der Waals surface area contributed by atoms with Gasteiger partial charge >= 0.3 is 0 Å². The molecule has 3 heteroatoms. The van der Waals surface area contributed by atoms with E-state index < -0.39 is 0 Å². The van der Waals surface area contributed by atoms with E-state index in [1.807, 2.05) is 6.08 Å². The summed E-state index contributed by atoms with van der Waals surface area (Å²) in [5.41, 5.74) is 38.1. The zero-order valence-electron chi connectivity index (χ0n) is 75.6. The summed E-state index contributed by atoms with van der Waals surface area (Å²) in [5, 5.41) is 0. The van der Waals surface area contributed by atoms with Crippen LogP contribution < -0.4 is 14.7 Å². The molecule has 2 aliphatic carbocycles. The zero-order chi connectivity index (χ0) is 85.7. The van der Waals surface area contributed by atoms with Crippen molar-refractivity contribution in [1.82, 2.24) is 0 Å². The molecule has 0 atom stereocenters. The van der Waals surface area contributed by atoms with Crippen molar-refractivity contribution in [2.45, 2.75) is 277 Å². The SMILES string of the molecule is C.C.C.C.C.C.C=Cc1ccc(N(c2ccc(C)cc2)c2ccc(-c3ccc4c(c3)C(CCCCCCCC)(CCCCCCCC)c3cc5c(cc3-4)C(CCCCCCCC)(CCCCCCCC)c3cc(-c4ccc(N(c6ccc(-c7ccccc7)cc6)c6ccc(-c7ccc(N(c8ccc(C)cc8)c8ccc(-c9ccccc9)cc8)cc7)cc6)cc4)ccc3-5)cc2)cc1. The van der Waals surface area contributed by atoms with Gasteiger partial charge in [-0.1, -0.05) is 444 Å². The molecule has 0 unspecified atom stereocenters. The van der Waals surface area contributed by atoms with E-state index in [-0.39, 0.29) is 55.4 Å². The summed E-state index contributed by atoms with van der Waals surface area (Å²) >= 11 is 0. The summed E-state index contributed by atoms with van der Waals surface area (Å²) in [6, 6.07) is 125. The lowest BCUT2D eigenvalue weighted by Crippen LogP contribution is -2.27. The topological polar surface area (TPSA) is 9.72 Å². The molecule has 0 aromatic heterocycles. The van der Waals surface area contributed by atoms with Gasteiger partial charge in [-0.3, -0.25) is 0 Å². The van der Waals surface area contributed by atoms with Crippen molar-refractivity contribution in [2.24, 2.45) is 0 Å². The molecule has 0 heterocycles. The molecule has 0 aliphatic heterocycles. The number of fused-ring (bicyclic) bond motifs is 6. The summed E-state index contributed by atoms with van der Waals surface area (Å²) in [6.45, 7) is 17.8. The highest BCUT2D eigenvalue weighted by molar-refractivity contribution is 5.93. The van der Waals surface area contributed by atoms with Crippen LogP contribution in [0.15, 0.2) is 334 Å². The lowest BCUT2D eigenvalue weighted by molar-refractivity contribution is 0.394. The average Bonchev–Trinajstić information content (AvgIpc) is 1.53. The van der Waals surface area contributed by atoms with Crippen molar-refractivity contribution in [3.8, 4) is 77.9 Å². The van der Waals surface area contributed by atoms with E-state index >= 15 is 0 Å². The van der Waals surface area contributed by atoms with Crippen LogP contribution in [-0.4, -0.2) is 0 Å². The Labute approximate surface area is 794 Å². The van der Waals surface area contributed by atoms with Crippen LogP contribution in [0, 0.1) is 13.8 Å². The molecule has 2 aliphatic rings. The van der Waals surface area contributed by atoms with Gasteiger partial charge in [-0.05, 0) is 279 Å². The van der Waals surface area contributed by atoms with Crippen LogP contribution in [0.1, 0.15) is 291 Å². The maximum absolute atomic E-state index is 4.08. The predicted octanol–water partition coefficient (Wildman–Crippen LogP) is 41.0. The highest BCUT2D eigenvalue weighted by atomic mass is 15.2. The van der Waals surface area contributed by atoms with Gasteiger partial charge in [0.15, 0.2) is 0 Å². The van der Waals surface area contributed by atoms with Gasteiger partial charge in [0.05, 0.1) is 0 Å². The molecule has 0 saturated heterocycles. The Kier molecular flexibility index (Phi) is 37.8. The molecule has 0 N–H and O–H groups in total. The van der Waals surface area contributed by atoms with E-state index in [9.17, 15) is 0 Å². The molecule has 0 amide bonds. The molecule has 3 nitrogen and oxygen atoms in total. The zero-order valence-corrected chi connectivity index (χ0v) is 75.6. The Morgan fingerprint density at radius 3 is 0.649 bits per heavy atom. The van der Waals surface area contributed by atoms with Gasteiger partial charge < -0.3 is 14.7 Å². The van der Waals surface area contributed by atoms with Crippen LogP contribution in [-0.2, 0) is 10.8 Å². The van der Waals surface area contributed by atoms with Crippen LogP contribution in [0.5, 0.6) is 0 Å². The standard InChI is InChI=1S/C122H131N3.6CH4/c1-8-13-17-21-25-35-83-121(84-36-26-22-18-14-9-2)117-87-102(100-57-77-111(78-58-100)123(104-63-43-91(6)44-64-104)106-67-47-93(12-5)48-68-106)61-81-113(117)115-89-120-116(90-119(115)121)114-82-62-103(88-118(114)122(120,85-37-27-23-19-15-10-3)86-38-28-24-20-16-11-4)101-59-79-112(80-60-101)125(109-71-51-97(52-72-109)95-41-33-30-34-42-95)110-75-55-99(56-76-110)98-53-73-108(74-54-98)124(105-65-45-92(7)46-66-105)107-69-49-96(50-70-107)94-39-31-29-32-40-94;;;;;;/h12,29-34,39-82,87-90H,5,8-11,13-28,35-38,83-86H2,1-4,6-7H3;6*1H4. The van der Waals surface area contributed by atoms with Crippen molar-refractivity contribution in [2.75, 3.05) is 14.7 Å². The van der Waals surface area contributed by atoms with Crippen molar-refractivity contribution in [3.05, 3.63) is 373 Å². The number of aryl methyl sites for hydroxylation is 2. The maximum Gasteiger partial charge on any atom is 0.0462 e. The Bertz CT molecular complexity index is 5730. The number of hydrogen-bond donors (Lipinski definition) is 0. The largest absolute Gasteiger partial charge is 0.311 e. The molecule has 0 spiro atoms. The molecule has 14 aromatic carbocycles. The summed E-state index contributed by atoms with van der Waals surface area (Å²) in [7, 11) is 0. The smallest absolute Gasteiger partial charge is 0.0462 e. The second-order valence-corrected chi connectivity index (χ2v) is 36.2. The molecular formula is C128H155N3. The summed E-state index contributed by atoms with van der Waals surface area (Å²) < 4.78 is 0. The van der Waals surface area contributed by atoms with Gasteiger partial charge in [0, 0.05) is 62.0 Å². The van der Waals surface area contributed by atoms with E-state index in [0.29, 0.717) is 0 Å². The fraction of sp³-hybridized carbons (Fsp3) is 0.328. The number of rotatable bonds is 43. The maximum atomic E-state index is 4.08. The minimum Gasteiger partial charge on any atom is -0.311 e. The fourth-order valence-electron chi connectivity index (χ4n) is 20.6. The Morgan fingerprint density at radius 1 is 0.206 bits per heavy atom. The van der Waals surface area contributed by atoms with Gasteiger partial charge in [-0.15, -0.1) is 0 Å². The Balaban J connectivity index is 0.00000297. The van der Waals surface area contributed by atoms with Gasteiger partial charge in [0.2, 0.25) is 0 Å².